The van der Waals surface area contributed by atoms with Gasteiger partial charge in [-0.25, -0.2) is 0 Å². The topological polar surface area (TPSA) is 70.0 Å². The van der Waals surface area contributed by atoms with E-state index in [0.717, 1.165) is 19.4 Å². The monoisotopic (exact) mass is 259 g/mol. The Kier molecular flexibility index (Phi) is 6.60. The number of carboxylic acid groups (broad SMARTS) is 1. The quantitative estimate of drug-likeness (QED) is 0.712. The summed E-state index contributed by atoms with van der Waals surface area (Å²) in [6.07, 6.45) is 2.12. The van der Waals surface area contributed by atoms with E-state index in [0.29, 0.717) is 25.5 Å². The van der Waals surface area contributed by atoms with Crippen LogP contribution in [-0.2, 0) is 9.53 Å². The van der Waals surface area contributed by atoms with E-state index >= 15 is 0 Å². The number of likely N-dealkylation sites (tertiary alicyclic amines) is 1. The van der Waals surface area contributed by atoms with Crippen LogP contribution in [-0.4, -0.2) is 59.5 Å². The van der Waals surface area contributed by atoms with Gasteiger partial charge in [0.05, 0.1) is 12.7 Å². The average molecular weight is 259 g/mol. The zero-order valence-electron chi connectivity index (χ0n) is 11.3. The summed E-state index contributed by atoms with van der Waals surface area (Å²) in [5.41, 5.74) is 0. The summed E-state index contributed by atoms with van der Waals surface area (Å²) in [6.45, 7) is 5.95. The summed E-state index contributed by atoms with van der Waals surface area (Å²) in [7, 11) is 0. The minimum Gasteiger partial charge on any atom is -0.480 e. The van der Waals surface area contributed by atoms with Crippen LogP contribution in [0.2, 0.25) is 0 Å². The molecule has 1 aliphatic heterocycles. The summed E-state index contributed by atoms with van der Waals surface area (Å²) in [6, 6.07) is -0.458. The van der Waals surface area contributed by atoms with Gasteiger partial charge in [0.15, 0.2) is 0 Å². The number of β-amino-alcohol motifs (C(OH)–C–C–N with tert-alkyl or cyclic N) is 1. The molecule has 0 amide bonds. The third kappa shape index (κ3) is 4.55. The summed E-state index contributed by atoms with van der Waals surface area (Å²) in [4.78, 5) is 13.1. The lowest BCUT2D eigenvalue weighted by Crippen LogP contribution is -2.50. The van der Waals surface area contributed by atoms with Crippen LogP contribution in [0.3, 0.4) is 0 Å². The third-order valence-electron chi connectivity index (χ3n) is 3.64. The first-order valence-corrected chi connectivity index (χ1v) is 6.81. The van der Waals surface area contributed by atoms with Crippen LogP contribution in [0.4, 0.5) is 0 Å². The van der Waals surface area contributed by atoms with Gasteiger partial charge >= 0.3 is 5.97 Å². The summed E-state index contributed by atoms with van der Waals surface area (Å²) >= 11 is 0. The van der Waals surface area contributed by atoms with E-state index in [2.05, 4.69) is 6.92 Å². The number of piperidine rings is 1. The van der Waals surface area contributed by atoms with Gasteiger partial charge in [0.2, 0.25) is 0 Å². The molecule has 106 valence electrons. The van der Waals surface area contributed by atoms with E-state index < -0.39 is 18.1 Å². The SMILES string of the molecule is CCOCC(O)CN1CCC(CC)CC1C(=O)O. The maximum atomic E-state index is 11.3. The molecule has 1 aliphatic rings. The van der Waals surface area contributed by atoms with Crippen molar-refractivity contribution in [2.24, 2.45) is 5.92 Å². The molecule has 0 aromatic heterocycles. The highest BCUT2D eigenvalue weighted by Crippen LogP contribution is 2.25. The van der Waals surface area contributed by atoms with Gasteiger partial charge in [-0.15, -0.1) is 0 Å². The number of hydrogen-bond acceptors (Lipinski definition) is 4. The minimum atomic E-state index is -0.781. The number of carbonyl (C=O) groups is 1. The average Bonchev–Trinajstić information content (AvgIpc) is 2.36. The fourth-order valence-electron chi connectivity index (χ4n) is 2.51. The molecular formula is C13H25NO4. The predicted molar refractivity (Wildman–Crippen MR) is 68.5 cm³/mol. The molecule has 0 aromatic carbocycles. The number of carboxylic acids is 1. The van der Waals surface area contributed by atoms with Crippen molar-refractivity contribution in [1.82, 2.24) is 4.90 Å². The molecule has 2 N–H and O–H groups in total. The van der Waals surface area contributed by atoms with Crippen molar-refractivity contribution in [2.45, 2.75) is 45.3 Å². The Morgan fingerprint density at radius 1 is 1.50 bits per heavy atom. The molecule has 1 heterocycles. The van der Waals surface area contributed by atoms with Crippen molar-refractivity contribution < 1.29 is 19.7 Å². The maximum absolute atomic E-state index is 11.3. The van der Waals surface area contributed by atoms with Crippen LogP contribution < -0.4 is 0 Å². The number of aliphatic hydroxyl groups excluding tert-OH is 1. The molecule has 0 aliphatic carbocycles. The first-order valence-electron chi connectivity index (χ1n) is 6.81. The molecule has 1 rings (SSSR count). The Bertz CT molecular complexity index is 259. The fourth-order valence-corrected chi connectivity index (χ4v) is 2.51. The Labute approximate surface area is 109 Å². The van der Waals surface area contributed by atoms with Crippen molar-refractivity contribution in [3.8, 4) is 0 Å². The summed E-state index contributed by atoms with van der Waals surface area (Å²) < 4.78 is 5.15. The van der Waals surface area contributed by atoms with Gasteiger partial charge in [0.25, 0.3) is 0 Å². The summed E-state index contributed by atoms with van der Waals surface area (Å²) in [5, 5.41) is 19.1. The third-order valence-corrected chi connectivity index (χ3v) is 3.64. The van der Waals surface area contributed by atoms with Crippen molar-refractivity contribution in [1.29, 1.82) is 0 Å². The number of nitrogens with zero attached hydrogens (tertiary/aromatic N) is 1. The highest BCUT2D eigenvalue weighted by Gasteiger charge is 2.33. The normalized spacial score (nSPS) is 27.1. The number of rotatable bonds is 7. The van der Waals surface area contributed by atoms with E-state index in [1.807, 2.05) is 11.8 Å². The van der Waals surface area contributed by atoms with Crippen molar-refractivity contribution >= 4 is 5.97 Å². The number of aliphatic hydroxyl groups is 1. The maximum Gasteiger partial charge on any atom is 0.320 e. The Hall–Kier alpha value is -0.650. The Morgan fingerprint density at radius 2 is 2.22 bits per heavy atom. The molecule has 0 aromatic rings. The van der Waals surface area contributed by atoms with Gasteiger partial charge in [0, 0.05) is 13.2 Å². The highest BCUT2D eigenvalue weighted by molar-refractivity contribution is 5.73. The number of ether oxygens (including phenoxy) is 1. The van der Waals surface area contributed by atoms with Crippen molar-refractivity contribution in [3.63, 3.8) is 0 Å². The van der Waals surface area contributed by atoms with Gasteiger partial charge in [-0.05, 0) is 32.2 Å². The van der Waals surface area contributed by atoms with E-state index in [1.54, 1.807) is 0 Å². The van der Waals surface area contributed by atoms with Gasteiger partial charge < -0.3 is 14.9 Å². The Balaban J connectivity index is 2.49. The van der Waals surface area contributed by atoms with Crippen LogP contribution in [0.25, 0.3) is 0 Å². The molecular weight excluding hydrogens is 234 g/mol. The van der Waals surface area contributed by atoms with E-state index in [-0.39, 0.29) is 6.61 Å². The standard InChI is InChI=1S/C13H25NO4/c1-3-10-5-6-14(12(7-10)13(16)17)8-11(15)9-18-4-2/h10-12,15H,3-9H2,1-2H3,(H,16,17). The molecule has 0 radical (unpaired) electrons. The number of hydrogen-bond donors (Lipinski definition) is 2. The smallest absolute Gasteiger partial charge is 0.320 e. The molecule has 0 saturated carbocycles. The van der Waals surface area contributed by atoms with Gasteiger partial charge in [-0.2, -0.15) is 0 Å². The van der Waals surface area contributed by atoms with Gasteiger partial charge in [-0.1, -0.05) is 13.3 Å². The molecule has 18 heavy (non-hydrogen) atoms. The molecule has 1 saturated heterocycles. The molecule has 0 bridgehead atoms. The lowest BCUT2D eigenvalue weighted by Gasteiger charge is -2.37. The molecule has 3 atom stereocenters. The largest absolute Gasteiger partial charge is 0.480 e. The van der Waals surface area contributed by atoms with Crippen LogP contribution in [0, 0.1) is 5.92 Å². The van der Waals surface area contributed by atoms with Crippen LogP contribution in [0.5, 0.6) is 0 Å². The van der Waals surface area contributed by atoms with E-state index in [1.165, 1.54) is 0 Å². The van der Waals surface area contributed by atoms with Crippen LogP contribution in [0.15, 0.2) is 0 Å². The number of aliphatic carboxylic acids is 1. The second kappa shape index (κ2) is 7.71. The molecule has 3 unspecified atom stereocenters. The van der Waals surface area contributed by atoms with E-state index in [4.69, 9.17) is 4.74 Å². The van der Waals surface area contributed by atoms with Gasteiger partial charge in [-0.3, -0.25) is 9.69 Å². The molecule has 5 heteroatoms. The zero-order valence-corrected chi connectivity index (χ0v) is 11.3. The predicted octanol–water partition coefficient (Wildman–Crippen LogP) is 0.959. The molecule has 5 nitrogen and oxygen atoms in total. The zero-order chi connectivity index (χ0) is 13.5. The highest BCUT2D eigenvalue weighted by atomic mass is 16.5. The molecule has 0 spiro atoms. The first kappa shape index (κ1) is 15.4. The van der Waals surface area contributed by atoms with Crippen LogP contribution >= 0.6 is 0 Å². The first-order chi connectivity index (χ1) is 8.58. The van der Waals surface area contributed by atoms with Crippen molar-refractivity contribution in [3.05, 3.63) is 0 Å². The van der Waals surface area contributed by atoms with Crippen LogP contribution in [0.1, 0.15) is 33.1 Å². The second-order valence-electron chi connectivity index (χ2n) is 4.96. The molecule has 1 fully saturated rings. The summed E-state index contributed by atoms with van der Waals surface area (Å²) in [5.74, 6) is -0.289. The fraction of sp³-hybridized carbons (Fsp3) is 0.923. The van der Waals surface area contributed by atoms with E-state index in [9.17, 15) is 15.0 Å². The Morgan fingerprint density at radius 3 is 2.78 bits per heavy atom. The lowest BCUT2D eigenvalue weighted by molar-refractivity contribution is -0.146. The second-order valence-corrected chi connectivity index (χ2v) is 4.96. The minimum absolute atomic E-state index is 0.274. The van der Waals surface area contributed by atoms with Crippen molar-refractivity contribution in [2.75, 3.05) is 26.3 Å². The van der Waals surface area contributed by atoms with Gasteiger partial charge in [0.1, 0.15) is 6.04 Å². The lowest BCUT2D eigenvalue weighted by atomic mass is 9.88.